The van der Waals surface area contributed by atoms with Gasteiger partial charge in [-0.15, -0.1) is 0 Å². The van der Waals surface area contributed by atoms with Crippen LogP contribution in [0.5, 0.6) is 0 Å². The Morgan fingerprint density at radius 1 is 0.189 bits per heavy atom. The Balaban J connectivity index is 4.65. The Morgan fingerprint density at radius 3 is 0.575 bits per heavy atom. The predicted molar refractivity (Wildman–Crippen MR) is 452 cm³/mol. The van der Waals surface area contributed by atoms with Gasteiger partial charge in [-0.25, -0.2) is 0 Å². The van der Waals surface area contributed by atoms with Gasteiger partial charge in [0.2, 0.25) is 0 Å². The molecule has 0 bridgehead atoms. The van der Waals surface area contributed by atoms with Gasteiger partial charge in [-0.05, 0) is 161 Å². The van der Waals surface area contributed by atoms with E-state index in [4.69, 9.17) is 28.4 Å². The summed E-state index contributed by atoms with van der Waals surface area (Å²) in [5, 5.41) is 65.0. The van der Waals surface area contributed by atoms with Gasteiger partial charge in [0.1, 0.15) is 12.2 Å². The molecule has 0 heterocycles. The summed E-state index contributed by atoms with van der Waals surface area (Å²) in [4.78, 5) is 0. The molecule has 0 aliphatic heterocycles. The molecule has 0 radical (unpaired) electrons. The van der Waals surface area contributed by atoms with Crippen molar-refractivity contribution in [2.45, 2.75) is 514 Å². The SMILES string of the molecule is CCC=CCC=CCC=CCCCCCCCC(O)OC(COC(O)CCCCCCCC=CCCCCCCCC(O)OCC(COC(O)CCCCCCCCCCCCCCCCC)OC(O)CCCCCCCC=CCCCCCCCC)COC(O)CCCCCCCCCCCCCCC. The molecule has 0 aliphatic carbocycles. The lowest BCUT2D eigenvalue weighted by molar-refractivity contribution is -0.212. The van der Waals surface area contributed by atoms with Gasteiger partial charge in [-0.2, -0.15) is 0 Å². The van der Waals surface area contributed by atoms with E-state index in [2.05, 4.69) is 88.5 Å². The number of hydrogen-bond donors (Lipinski definition) is 6. The predicted octanol–water partition coefficient (Wildman–Crippen LogP) is 27.1. The maximum absolute atomic E-state index is 10.9. The van der Waals surface area contributed by atoms with E-state index in [0.717, 1.165) is 173 Å². The van der Waals surface area contributed by atoms with Crippen LogP contribution < -0.4 is 0 Å². The molecule has 12 heteroatoms. The third kappa shape index (κ3) is 84.7. The Morgan fingerprint density at radius 2 is 0.358 bits per heavy atom. The van der Waals surface area contributed by atoms with Gasteiger partial charge in [0, 0.05) is 0 Å². The molecule has 0 spiro atoms. The number of rotatable bonds is 90. The molecule has 0 amide bonds. The van der Waals surface area contributed by atoms with Crippen LogP contribution in [-0.2, 0) is 28.4 Å². The van der Waals surface area contributed by atoms with E-state index >= 15 is 0 Å². The Kier molecular flexibility index (Phi) is 87.3. The fourth-order valence-corrected chi connectivity index (χ4v) is 13.9. The quantitative estimate of drug-likeness (QED) is 0.0193. The topological polar surface area (TPSA) is 177 Å². The maximum Gasteiger partial charge on any atom is 0.155 e. The van der Waals surface area contributed by atoms with Crippen LogP contribution in [0, 0.1) is 0 Å². The number of hydrogen-bond acceptors (Lipinski definition) is 12. The summed E-state index contributed by atoms with van der Waals surface area (Å²) in [5.74, 6) is 0. The van der Waals surface area contributed by atoms with Crippen LogP contribution in [0.1, 0.15) is 464 Å². The van der Waals surface area contributed by atoms with Crippen molar-refractivity contribution in [3.63, 3.8) is 0 Å². The average molecular weight is 1500 g/mol. The van der Waals surface area contributed by atoms with Gasteiger partial charge < -0.3 is 59.1 Å². The van der Waals surface area contributed by atoms with Gasteiger partial charge in [-0.3, -0.25) is 0 Å². The molecule has 6 N–H and O–H groups in total. The largest absolute Gasteiger partial charge is 0.368 e. The molecule has 628 valence electrons. The zero-order chi connectivity index (χ0) is 76.8. The zero-order valence-corrected chi connectivity index (χ0v) is 70.4. The van der Waals surface area contributed by atoms with Crippen LogP contribution in [0.3, 0.4) is 0 Å². The summed E-state index contributed by atoms with van der Waals surface area (Å²) in [7, 11) is 0. The first-order valence-electron chi connectivity index (χ1n) is 46.2. The molecule has 12 nitrogen and oxygen atoms in total. The zero-order valence-electron chi connectivity index (χ0n) is 70.4. The van der Waals surface area contributed by atoms with Crippen LogP contribution in [0.2, 0.25) is 0 Å². The Bertz CT molecular complexity index is 1810. The summed E-state index contributed by atoms with van der Waals surface area (Å²) < 4.78 is 35.6. The number of aliphatic hydroxyl groups excluding tert-OH is 6. The van der Waals surface area contributed by atoms with Crippen molar-refractivity contribution in [3.05, 3.63) is 60.8 Å². The van der Waals surface area contributed by atoms with Crippen LogP contribution >= 0.6 is 0 Å². The average Bonchev–Trinajstić information content (AvgIpc) is 1.01. The van der Waals surface area contributed by atoms with Crippen molar-refractivity contribution in [2.75, 3.05) is 26.4 Å². The van der Waals surface area contributed by atoms with E-state index in [-0.39, 0.29) is 26.4 Å². The normalized spacial score (nSPS) is 14.7. The minimum absolute atomic E-state index is 0.0858. The summed E-state index contributed by atoms with van der Waals surface area (Å²) >= 11 is 0. The highest BCUT2D eigenvalue weighted by Crippen LogP contribution is 2.21. The molecule has 0 fully saturated rings. The molecule has 0 rings (SSSR count). The monoisotopic (exact) mass is 1500 g/mol. The van der Waals surface area contributed by atoms with E-state index in [1.165, 1.54) is 225 Å². The molecule has 8 atom stereocenters. The molecule has 0 aliphatic rings. The Labute approximate surface area is 657 Å². The van der Waals surface area contributed by atoms with E-state index in [9.17, 15) is 30.6 Å². The number of allylic oxidation sites excluding steroid dienone is 10. The number of ether oxygens (including phenoxy) is 6. The van der Waals surface area contributed by atoms with Crippen molar-refractivity contribution in [1.29, 1.82) is 0 Å². The van der Waals surface area contributed by atoms with Crippen LogP contribution in [0.25, 0.3) is 0 Å². The first kappa shape index (κ1) is 104. The number of unbranched alkanes of at least 4 members (excludes halogenated alkanes) is 52. The molecular weight excluding hydrogens is 1320 g/mol. The standard InChI is InChI=1S/C94H180O12/c1-5-9-13-17-21-25-29-33-36-42-48-54-60-66-72-78-90(96)102-85-88(106-94(100)82-76-70-64-58-52-46-38-35-31-27-23-19-15-11-7-3)86-104-92(98)80-74-68-62-56-50-44-40-39-43-49-55-61-67-73-79-91(97)103-84-87(83-101-89(95)77-71-65-59-53-47-41-32-28-24-20-16-12-8-4)105-93(99)81-75-69-63-57-51-45-37-34-30-26-22-18-14-10-6-2/h10,14,22,26,34-35,37-40,87-100H,5-9,11-13,15-21,23-25,27-33,36,41-86H2,1-4H3. The van der Waals surface area contributed by atoms with Gasteiger partial charge >= 0.3 is 0 Å². The summed E-state index contributed by atoms with van der Waals surface area (Å²) in [6.07, 6.45) is 93.7. The fraction of sp³-hybridized carbons (Fsp3) is 0.894. The maximum atomic E-state index is 10.9. The van der Waals surface area contributed by atoms with Gasteiger partial charge in [0.05, 0.1) is 26.4 Å². The van der Waals surface area contributed by atoms with Gasteiger partial charge in [0.15, 0.2) is 37.7 Å². The molecule has 0 saturated heterocycles. The van der Waals surface area contributed by atoms with Crippen molar-refractivity contribution >= 4 is 0 Å². The minimum Gasteiger partial charge on any atom is -0.368 e. The highest BCUT2D eigenvalue weighted by Gasteiger charge is 2.21. The van der Waals surface area contributed by atoms with Crippen molar-refractivity contribution in [2.24, 2.45) is 0 Å². The first-order valence-corrected chi connectivity index (χ1v) is 46.2. The molecule has 0 aromatic carbocycles. The Hall–Kier alpha value is -1.78. The van der Waals surface area contributed by atoms with Gasteiger partial charge in [-0.1, -0.05) is 365 Å². The third-order valence-corrected chi connectivity index (χ3v) is 20.8. The smallest absolute Gasteiger partial charge is 0.155 e. The first-order chi connectivity index (χ1) is 52.1. The molecule has 106 heavy (non-hydrogen) atoms. The number of aliphatic hydroxyl groups is 6. The second-order valence-electron chi connectivity index (χ2n) is 31.5. The highest BCUT2D eigenvalue weighted by atomic mass is 16.7. The summed E-state index contributed by atoms with van der Waals surface area (Å²) in [6, 6.07) is 0. The lowest BCUT2D eigenvalue weighted by Gasteiger charge is -2.24. The van der Waals surface area contributed by atoms with Crippen LogP contribution in [0.15, 0.2) is 60.8 Å². The second kappa shape index (κ2) is 88.8. The molecule has 0 aromatic heterocycles. The van der Waals surface area contributed by atoms with E-state index < -0.39 is 49.9 Å². The molecular formula is C94H180O12. The van der Waals surface area contributed by atoms with Crippen molar-refractivity contribution in [1.82, 2.24) is 0 Å². The molecule has 0 aromatic rings. The lowest BCUT2D eigenvalue weighted by atomic mass is 10.0. The van der Waals surface area contributed by atoms with Crippen molar-refractivity contribution in [3.8, 4) is 0 Å². The molecule has 0 saturated carbocycles. The van der Waals surface area contributed by atoms with E-state index in [1.807, 2.05) is 0 Å². The summed E-state index contributed by atoms with van der Waals surface area (Å²) in [5.41, 5.74) is 0. The van der Waals surface area contributed by atoms with E-state index in [0.29, 0.717) is 38.5 Å². The van der Waals surface area contributed by atoms with Gasteiger partial charge in [0.25, 0.3) is 0 Å². The summed E-state index contributed by atoms with van der Waals surface area (Å²) in [6.45, 7) is 9.35. The lowest BCUT2D eigenvalue weighted by Crippen LogP contribution is -2.34. The second-order valence-corrected chi connectivity index (χ2v) is 31.5. The fourth-order valence-electron chi connectivity index (χ4n) is 13.9. The van der Waals surface area contributed by atoms with Crippen LogP contribution in [-0.4, -0.2) is 107 Å². The minimum atomic E-state index is -0.958. The highest BCUT2D eigenvalue weighted by molar-refractivity contribution is 4.97. The van der Waals surface area contributed by atoms with Crippen molar-refractivity contribution < 1.29 is 59.1 Å². The molecule has 8 unspecified atom stereocenters. The third-order valence-electron chi connectivity index (χ3n) is 20.8. The van der Waals surface area contributed by atoms with Crippen LogP contribution in [0.4, 0.5) is 0 Å². The van der Waals surface area contributed by atoms with E-state index in [1.54, 1.807) is 0 Å².